The summed E-state index contributed by atoms with van der Waals surface area (Å²) < 4.78 is 16.7. The summed E-state index contributed by atoms with van der Waals surface area (Å²) in [6.45, 7) is 4.73. The van der Waals surface area contributed by atoms with Gasteiger partial charge in [-0.1, -0.05) is 6.42 Å². The maximum absolute atomic E-state index is 15.6. The molecule has 2 aromatic rings. The third-order valence-corrected chi connectivity index (χ3v) is 8.89. The van der Waals surface area contributed by atoms with Crippen molar-refractivity contribution < 1.29 is 14.3 Å². The van der Waals surface area contributed by atoms with Crippen molar-refractivity contribution in [2.24, 2.45) is 16.9 Å². The van der Waals surface area contributed by atoms with Crippen LogP contribution in [0.2, 0.25) is 0 Å². The number of likely N-dealkylation sites (tertiary alicyclic amines) is 1. The summed E-state index contributed by atoms with van der Waals surface area (Å²) in [5.74, 6) is -1.62. The van der Waals surface area contributed by atoms with Gasteiger partial charge < -0.3 is 21.5 Å². The fourth-order valence-corrected chi connectivity index (χ4v) is 6.71. The zero-order valence-corrected chi connectivity index (χ0v) is 19.5. The molecule has 3 atom stereocenters. The lowest BCUT2D eigenvalue weighted by Gasteiger charge is -2.42. The second-order valence-electron chi connectivity index (χ2n) is 11.0. The van der Waals surface area contributed by atoms with Gasteiger partial charge in [-0.05, 0) is 61.1 Å². The molecule has 182 valence electrons. The lowest BCUT2D eigenvalue weighted by Crippen LogP contribution is -2.47. The van der Waals surface area contributed by atoms with Crippen LogP contribution in [0.15, 0.2) is 17.1 Å². The smallest absolute Gasteiger partial charge is 0.341 e. The Morgan fingerprint density at radius 3 is 2.53 bits per heavy atom. The van der Waals surface area contributed by atoms with Gasteiger partial charge in [-0.2, -0.15) is 0 Å². The van der Waals surface area contributed by atoms with E-state index < -0.39 is 17.3 Å². The van der Waals surface area contributed by atoms with Crippen molar-refractivity contribution in [3.8, 4) is 0 Å². The zero-order chi connectivity index (χ0) is 23.9. The van der Waals surface area contributed by atoms with E-state index in [1.165, 1.54) is 29.7 Å². The zero-order valence-electron chi connectivity index (χ0n) is 19.5. The highest BCUT2D eigenvalue weighted by molar-refractivity contribution is 5.89. The predicted molar refractivity (Wildman–Crippen MR) is 127 cm³/mol. The first kappa shape index (κ1) is 22.0. The Morgan fingerprint density at radius 2 is 1.94 bits per heavy atom. The third kappa shape index (κ3) is 3.13. The van der Waals surface area contributed by atoms with Crippen LogP contribution in [0.3, 0.4) is 0 Å². The molecule has 8 nitrogen and oxygen atoms in total. The number of aromatic carboxylic acids is 1. The number of anilines is 1. The van der Waals surface area contributed by atoms with Crippen molar-refractivity contribution in [1.29, 1.82) is 0 Å². The maximum atomic E-state index is 15.6. The van der Waals surface area contributed by atoms with Crippen LogP contribution in [-0.4, -0.2) is 64.7 Å². The molecule has 2 unspecified atom stereocenters. The average Bonchev–Trinajstić information content (AvgIpc) is 3.43. The van der Waals surface area contributed by atoms with Crippen molar-refractivity contribution in [3.63, 3.8) is 0 Å². The lowest BCUT2D eigenvalue weighted by atomic mass is 9.66. The molecular formula is C25H32FN5O3. The van der Waals surface area contributed by atoms with Gasteiger partial charge in [-0.15, -0.1) is 0 Å². The summed E-state index contributed by atoms with van der Waals surface area (Å²) in [5, 5.41) is 9.51. The first-order valence-electron chi connectivity index (χ1n) is 12.3. The van der Waals surface area contributed by atoms with E-state index in [2.05, 4.69) is 4.90 Å². The lowest BCUT2D eigenvalue weighted by molar-refractivity contribution is 0.0694. The molecule has 6 rings (SSSR count). The number of aryl methyl sites for hydroxylation is 1. The van der Waals surface area contributed by atoms with Gasteiger partial charge in [0, 0.05) is 44.3 Å². The number of nitrogens with zero attached hydrogens (tertiary/aromatic N) is 3. The van der Waals surface area contributed by atoms with Gasteiger partial charge in [0.2, 0.25) is 0 Å². The summed E-state index contributed by atoms with van der Waals surface area (Å²) in [7, 11) is 0. The predicted octanol–water partition coefficient (Wildman–Crippen LogP) is 1.65. The molecular weight excluding hydrogens is 437 g/mol. The third-order valence-electron chi connectivity index (χ3n) is 8.89. The quantitative estimate of drug-likeness (QED) is 0.623. The summed E-state index contributed by atoms with van der Waals surface area (Å²) >= 11 is 0. The molecule has 2 aliphatic heterocycles. The number of carboxylic acids is 1. The first-order chi connectivity index (χ1) is 16.2. The molecule has 1 spiro atoms. The Morgan fingerprint density at radius 1 is 1.21 bits per heavy atom. The fraction of sp³-hybridized carbons (Fsp3) is 0.600. The number of nitrogens with two attached hydrogens (primary N) is 2. The molecule has 9 heteroatoms. The van der Waals surface area contributed by atoms with Gasteiger partial charge in [0.1, 0.15) is 5.56 Å². The van der Waals surface area contributed by atoms with Gasteiger partial charge in [0.15, 0.2) is 5.82 Å². The van der Waals surface area contributed by atoms with Crippen molar-refractivity contribution in [1.82, 2.24) is 9.30 Å². The average molecular weight is 470 g/mol. The number of fused-ring (bicyclic) bond motifs is 1. The molecule has 5 N–H and O–H groups in total. The van der Waals surface area contributed by atoms with Crippen LogP contribution in [0.25, 0.3) is 5.52 Å². The Bertz CT molecular complexity index is 1250. The van der Waals surface area contributed by atoms with E-state index in [0.29, 0.717) is 29.9 Å². The number of carbonyl (C=O) groups is 1. The normalized spacial score (nSPS) is 28.7. The monoisotopic (exact) mass is 469 g/mol. The number of aromatic nitrogens is 1. The SMILES string of the molecule is Cc1c(N2CC(N)C(N3C[C@H](N)C4(CCC4)C3)C2)c(F)cn2c(=O)c(C(=O)O)cc(C3CC3)c12. The van der Waals surface area contributed by atoms with Gasteiger partial charge in [-0.25, -0.2) is 9.18 Å². The van der Waals surface area contributed by atoms with Crippen LogP contribution >= 0.6 is 0 Å². The standard InChI is InChI=1S/C25H32FN5O3/c1-13-21-15(14-3-4-14)7-16(24(33)34)23(32)31(21)8-17(26)22(13)29-9-18(27)19(10-29)30-11-20(28)25(12-30)5-2-6-25/h7-8,14,18-20H,2-6,9-12,27-28H2,1H3,(H,33,34)/t18?,19?,20-/m0/s1. The van der Waals surface area contributed by atoms with Crippen LogP contribution in [0.4, 0.5) is 10.1 Å². The molecule has 4 heterocycles. The van der Waals surface area contributed by atoms with Crippen LogP contribution < -0.4 is 21.9 Å². The van der Waals surface area contributed by atoms with Crippen LogP contribution in [-0.2, 0) is 0 Å². The molecule has 4 aliphatic rings. The maximum Gasteiger partial charge on any atom is 0.341 e. The molecule has 0 aromatic carbocycles. The van der Waals surface area contributed by atoms with Crippen molar-refractivity contribution >= 4 is 17.2 Å². The van der Waals surface area contributed by atoms with E-state index in [-0.39, 0.29) is 35.0 Å². The Hall–Kier alpha value is -2.49. The summed E-state index contributed by atoms with van der Waals surface area (Å²) in [4.78, 5) is 28.9. The number of pyridine rings is 2. The minimum atomic E-state index is -1.29. The molecule has 2 saturated heterocycles. The minimum absolute atomic E-state index is 0.0977. The fourth-order valence-electron chi connectivity index (χ4n) is 6.71. The largest absolute Gasteiger partial charge is 0.477 e. The van der Waals surface area contributed by atoms with E-state index >= 15 is 4.39 Å². The van der Waals surface area contributed by atoms with Crippen LogP contribution in [0, 0.1) is 18.2 Å². The summed E-state index contributed by atoms with van der Waals surface area (Å²) in [6.07, 6.45) is 6.61. The minimum Gasteiger partial charge on any atom is -0.477 e. The van der Waals surface area contributed by atoms with Gasteiger partial charge >= 0.3 is 5.97 Å². The van der Waals surface area contributed by atoms with Gasteiger partial charge in [0.25, 0.3) is 5.56 Å². The van der Waals surface area contributed by atoms with E-state index in [0.717, 1.165) is 37.7 Å². The Balaban J connectivity index is 1.39. The van der Waals surface area contributed by atoms with Gasteiger partial charge in [0.05, 0.1) is 17.4 Å². The number of rotatable bonds is 4. The molecule has 2 aliphatic carbocycles. The van der Waals surface area contributed by atoms with Crippen molar-refractivity contribution in [3.05, 3.63) is 45.1 Å². The molecule has 4 fully saturated rings. The highest BCUT2D eigenvalue weighted by Crippen LogP contribution is 2.48. The van der Waals surface area contributed by atoms with Crippen LogP contribution in [0.1, 0.15) is 59.5 Å². The molecule has 2 aromatic heterocycles. The van der Waals surface area contributed by atoms with Crippen LogP contribution in [0.5, 0.6) is 0 Å². The summed E-state index contributed by atoms with van der Waals surface area (Å²) in [5.41, 5.74) is 14.9. The molecule has 34 heavy (non-hydrogen) atoms. The number of carboxylic acid groups (broad SMARTS) is 1. The first-order valence-corrected chi connectivity index (χ1v) is 12.3. The van der Waals surface area contributed by atoms with Crippen molar-refractivity contribution in [2.75, 3.05) is 31.1 Å². The number of hydrogen-bond donors (Lipinski definition) is 3. The highest BCUT2D eigenvalue weighted by Gasteiger charge is 2.51. The topological polar surface area (TPSA) is 117 Å². The van der Waals surface area contributed by atoms with E-state index in [9.17, 15) is 14.7 Å². The molecule has 0 amide bonds. The Kier molecular flexibility index (Phi) is 4.86. The van der Waals surface area contributed by atoms with E-state index in [1.807, 2.05) is 11.8 Å². The molecule has 0 bridgehead atoms. The molecule has 0 radical (unpaired) electrons. The second-order valence-corrected chi connectivity index (χ2v) is 11.0. The Labute approximate surface area is 197 Å². The van der Waals surface area contributed by atoms with Gasteiger partial charge in [-0.3, -0.25) is 14.1 Å². The number of hydrogen-bond acceptors (Lipinski definition) is 6. The van der Waals surface area contributed by atoms with E-state index in [1.54, 1.807) is 0 Å². The van der Waals surface area contributed by atoms with E-state index in [4.69, 9.17) is 11.5 Å². The second kappa shape index (κ2) is 7.50. The van der Waals surface area contributed by atoms with Crippen molar-refractivity contribution in [2.45, 2.75) is 63.1 Å². The highest BCUT2D eigenvalue weighted by atomic mass is 19.1. The summed E-state index contributed by atoms with van der Waals surface area (Å²) in [6, 6.07) is 1.63. The number of halogens is 1. The molecule has 2 saturated carbocycles.